The van der Waals surface area contributed by atoms with Gasteiger partial charge in [0, 0.05) is 48.4 Å². The number of nitrogens with two attached hydrogens (primary N) is 1. The van der Waals surface area contributed by atoms with Crippen molar-refractivity contribution < 1.29 is 23.5 Å². The summed E-state index contributed by atoms with van der Waals surface area (Å²) >= 11 is 0. The lowest BCUT2D eigenvalue weighted by molar-refractivity contribution is -0.143. The SMILES string of the molecule is C.N=C(N)CC(=O)OCc1cccc(-c2cnc(OCC3CCN(C(=O)c4ccccn4)CC3)nc2)c1F. The second-order valence-electron chi connectivity index (χ2n) is 8.66. The summed E-state index contributed by atoms with van der Waals surface area (Å²) in [6.07, 6.45) is 5.80. The number of hydrogen-bond donors (Lipinski definition) is 2. The van der Waals surface area contributed by atoms with Gasteiger partial charge in [-0.05, 0) is 30.9 Å². The monoisotopic (exact) mass is 522 g/mol. The van der Waals surface area contributed by atoms with E-state index in [4.69, 9.17) is 20.6 Å². The summed E-state index contributed by atoms with van der Waals surface area (Å²) in [5, 5.41) is 7.12. The molecule has 0 unspecified atom stereocenters. The first-order valence-corrected chi connectivity index (χ1v) is 11.8. The van der Waals surface area contributed by atoms with E-state index in [0.29, 0.717) is 31.0 Å². The van der Waals surface area contributed by atoms with Crippen LogP contribution in [0.25, 0.3) is 11.1 Å². The number of halogens is 1. The quantitative estimate of drug-likeness (QED) is 0.246. The van der Waals surface area contributed by atoms with Gasteiger partial charge < -0.3 is 20.1 Å². The van der Waals surface area contributed by atoms with Crippen LogP contribution in [0.15, 0.2) is 55.0 Å². The first kappa shape index (κ1) is 28.2. The van der Waals surface area contributed by atoms with Crippen LogP contribution in [0.3, 0.4) is 0 Å². The van der Waals surface area contributed by atoms with E-state index in [1.807, 2.05) is 0 Å². The summed E-state index contributed by atoms with van der Waals surface area (Å²) in [7, 11) is 0. The zero-order valence-corrected chi connectivity index (χ0v) is 20.1. The highest BCUT2D eigenvalue weighted by Gasteiger charge is 2.25. The molecule has 200 valence electrons. The Labute approximate surface area is 220 Å². The van der Waals surface area contributed by atoms with E-state index in [9.17, 15) is 14.0 Å². The molecule has 0 bridgehead atoms. The molecule has 3 aromatic rings. The molecule has 2 aromatic heterocycles. The molecule has 1 aliphatic rings. The number of pyridine rings is 1. The fraction of sp³-hybridized carbons (Fsp3) is 0.333. The molecule has 0 atom stereocenters. The molecule has 0 spiro atoms. The third-order valence-corrected chi connectivity index (χ3v) is 5.98. The Morgan fingerprint density at radius 1 is 1.08 bits per heavy atom. The van der Waals surface area contributed by atoms with Crippen molar-refractivity contribution in [1.29, 1.82) is 5.41 Å². The van der Waals surface area contributed by atoms with Crippen molar-refractivity contribution >= 4 is 17.7 Å². The maximum atomic E-state index is 15.0. The molecule has 1 amide bonds. The molecule has 11 heteroatoms. The van der Waals surface area contributed by atoms with Crippen LogP contribution in [0.2, 0.25) is 0 Å². The number of amidine groups is 1. The Balaban J connectivity index is 0.00000400. The standard InChI is InChI=1S/C26H27FN6O4.CH4/c27-24-18(16-36-23(34)12-22(28)29)4-3-5-20(24)19-13-31-26(32-14-19)37-15-17-7-10-33(11-8-17)25(35)21-6-1-2-9-30-21;/h1-6,9,13-14,17H,7-8,10-12,15-16H2,(H3,28,29);1H4. The minimum atomic E-state index is -0.701. The van der Waals surface area contributed by atoms with E-state index < -0.39 is 11.8 Å². The van der Waals surface area contributed by atoms with Crippen LogP contribution in [-0.2, 0) is 16.1 Å². The molecular weight excluding hydrogens is 491 g/mol. The van der Waals surface area contributed by atoms with Crippen molar-refractivity contribution in [3.05, 3.63) is 72.1 Å². The van der Waals surface area contributed by atoms with Crippen LogP contribution >= 0.6 is 0 Å². The fourth-order valence-corrected chi connectivity index (χ4v) is 3.96. The highest BCUT2D eigenvalue weighted by atomic mass is 19.1. The number of esters is 1. The largest absolute Gasteiger partial charge is 0.463 e. The lowest BCUT2D eigenvalue weighted by Crippen LogP contribution is -2.40. The van der Waals surface area contributed by atoms with Crippen molar-refractivity contribution in [2.24, 2.45) is 11.7 Å². The Morgan fingerprint density at radius 3 is 2.47 bits per heavy atom. The Kier molecular flexibility index (Phi) is 9.80. The van der Waals surface area contributed by atoms with Crippen molar-refractivity contribution in [2.75, 3.05) is 19.7 Å². The number of rotatable bonds is 9. The average Bonchev–Trinajstić information content (AvgIpc) is 2.92. The molecule has 4 rings (SSSR count). The van der Waals surface area contributed by atoms with Gasteiger partial charge in [0.1, 0.15) is 30.4 Å². The van der Waals surface area contributed by atoms with Crippen molar-refractivity contribution in [3.8, 4) is 17.1 Å². The molecular formula is C27H31FN6O4. The molecule has 0 aliphatic carbocycles. The van der Waals surface area contributed by atoms with Gasteiger partial charge in [-0.1, -0.05) is 31.7 Å². The summed E-state index contributed by atoms with van der Waals surface area (Å²) in [6.45, 7) is 1.40. The molecule has 0 saturated carbocycles. The maximum Gasteiger partial charge on any atom is 0.316 e. The lowest BCUT2D eigenvalue weighted by atomic mass is 9.97. The van der Waals surface area contributed by atoms with Gasteiger partial charge >= 0.3 is 12.0 Å². The van der Waals surface area contributed by atoms with Crippen molar-refractivity contribution in [3.63, 3.8) is 0 Å². The first-order chi connectivity index (χ1) is 17.9. The number of hydrogen-bond acceptors (Lipinski definition) is 8. The summed E-state index contributed by atoms with van der Waals surface area (Å²) < 4.78 is 25.7. The molecule has 1 aromatic carbocycles. The number of carbonyl (C=O) groups is 2. The Hall–Kier alpha value is -4.41. The number of carbonyl (C=O) groups excluding carboxylic acids is 2. The molecule has 3 heterocycles. The first-order valence-electron chi connectivity index (χ1n) is 11.8. The number of nitrogens with one attached hydrogen (secondary N) is 1. The van der Waals surface area contributed by atoms with Crippen LogP contribution < -0.4 is 10.5 Å². The van der Waals surface area contributed by atoms with E-state index >= 15 is 0 Å². The fourth-order valence-electron chi connectivity index (χ4n) is 3.96. The lowest BCUT2D eigenvalue weighted by Gasteiger charge is -2.31. The van der Waals surface area contributed by atoms with Gasteiger partial charge in [0.15, 0.2) is 0 Å². The van der Waals surface area contributed by atoms with E-state index in [1.54, 1.807) is 41.4 Å². The van der Waals surface area contributed by atoms with E-state index in [-0.39, 0.29) is 55.3 Å². The summed E-state index contributed by atoms with van der Waals surface area (Å²) in [5.41, 5.74) is 6.51. The molecule has 3 N–H and O–H groups in total. The van der Waals surface area contributed by atoms with Gasteiger partial charge in [0.05, 0.1) is 6.61 Å². The predicted molar refractivity (Wildman–Crippen MR) is 139 cm³/mol. The number of nitrogens with zero attached hydrogens (tertiary/aromatic N) is 4. The van der Waals surface area contributed by atoms with Crippen LogP contribution in [0.4, 0.5) is 4.39 Å². The number of aromatic nitrogens is 3. The number of amides is 1. The van der Waals surface area contributed by atoms with Gasteiger partial charge in [-0.2, -0.15) is 0 Å². The van der Waals surface area contributed by atoms with Crippen molar-refractivity contribution in [2.45, 2.75) is 33.3 Å². The van der Waals surface area contributed by atoms with Gasteiger partial charge in [-0.3, -0.25) is 20.0 Å². The Bertz CT molecular complexity index is 1250. The van der Waals surface area contributed by atoms with Gasteiger partial charge in [-0.25, -0.2) is 14.4 Å². The number of ether oxygens (including phenoxy) is 2. The van der Waals surface area contributed by atoms with Gasteiger partial charge in [0.2, 0.25) is 0 Å². The van der Waals surface area contributed by atoms with E-state index in [0.717, 1.165) is 12.8 Å². The summed E-state index contributed by atoms with van der Waals surface area (Å²) in [4.78, 5) is 38.5. The molecule has 0 radical (unpaired) electrons. The highest BCUT2D eigenvalue weighted by Crippen LogP contribution is 2.26. The highest BCUT2D eigenvalue weighted by molar-refractivity contribution is 5.94. The summed E-state index contributed by atoms with van der Waals surface area (Å²) in [5.74, 6) is -1.38. The second kappa shape index (κ2) is 13.2. The van der Waals surface area contributed by atoms with Crippen LogP contribution in [0, 0.1) is 17.1 Å². The minimum absolute atomic E-state index is 0. The van der Waals surface area contributed by atoms with E-state index in [1.165, 1.54) is 18.5 Å². The van der Waals surface area contributed by atoms with Gasteiger partial charge in [0.25, 0.3) is 5.91 Å². The molecule has 1 fully saturated rings. The van der Waals surface area contributed by atoms with E-state index in [2.05, 4.69) is 15.0 Å². The molecule has 1 aliphatic heterocycles. The average molecular weight is 523 g/mol. The molecule has 1 saturated heterocycles. The Morgan fingerprint density at radius 2 is 1.82 bits per heavy atom. The summed E-state index contributed by atoms with van der Waals surface area (Å²) in [6, 6.07) is 10.2. The topological polar surface area (TPSA) is 144 Å². The number of likely N-dealkylation sites (tertiary alicyclic amines) is 1. The van der Waals surface area contributed by atoms with Crippen LogP contribution in [0.1, 0.15) is 42.7 Å². The van der Waals surface area contributed by atoms with Crippen LogP contribution in [-0.4, -0.2) is 57.3 Å². The maximum absolute atomic E-state index is 15.0. The molecule has 38 heavy (non-hydrogen) atoms. The normalized spacial score (nSPS) is 13.3. The van der Waals surface area contributed by atoms with Crippen molar-refractivity contribution in [1.82, 2.24) is 19.9 Å². The van der Waals surface area contributed by atoms with Gasteiger partial charge in [-0.15, -0.1) is 0 Å². The zero-order valence-electron chi connectivity index (χ0n) is 20.1. The minimum Gasteiger partial charge on any atom is -0.463 e. The zero-order chi connectivity index (χ0) is 26.2. The number of benzene rings is 1. The van der Waals surface area contributed by atoms with Crippen LogP contribution in [0.5, 0.6) is 6.01 Å². The predicted octanol–water partition coefficient (Wildman–Crippen LogP) is 3.61. The molecule has 10 nitrogen and oxygen atoms in total. The smallest absolute Gasteiger partial charge is 0.316 e. The third kappa shape index (κ3) is 7.31. The number of piperidine rings is 1. The third-order valence-electron chi connectivity index (χ3n) is 5.98. The second-order valence-corrected chi connectivity index (χ2v) is 8.66.